The SMILES string of the molecule is NC1=Nc2ccc(Cl)cc2Nc2cscc21. The first-order valence-corrected chi connectivity index (χ1v) is 6.03. The molecule has 1 aliphatic heterocycles. The standard InChI is InChI=1S/C11H8ClN3S/c12-6-1-2-8-9(3-6)14-10-5-16-4-7(10)11(13)15-8/h1-5,14H,(H2,13,15). The fourth-order valence-electron chi connectivity index (χ4n) is 1.63. The quantitative estimate of drug-likeness (QED) is 0.751. The summed E-state index contributed by atoms with van der Waals surface area (Å²) in [6, 6.07) is 5.50. The van der Waals surface area contributed by atoms with E-state index in [2.05, 4.69) is 10.3 Å². The molecule has 0 aliphatic carbocycles. The van der Waals surface area contributed by atoms with Crippen LogP contribution in [0.4, 0.5) is 17.1 Å². The summed E-state index contributed by atoms with van der Waals surface area (Å²) in [5.41, 5.74) is 9.54. The smallest absolute Gasteiger partial charge is 0.134 e. The maximum Gasteiger partial charge on any atom is 0.134 e. The van der Waals surface area contributed by atoms with Crippen molar-refractivity contribution in [1.29, 1.82) is 0 Å². The zero-order chi connectivity index (χ0) is 11.1. The van der Waals surface area contributed by atoms with Crippen molar-refractivity contribution in [3.63, 3.8) is 0 Å². The zero-order valence-corrected chi connectivity index (χ0v) is 9.77. The van der Waals surface area contributed by atoms with E-state index >= 15 is 0 Å². The van der Waals surface area contributed by atoms with Crippen LogP contribution in [0.15, 0.2) is 34.0 Å². The average Bonchev–Trinajstić information content (AvgIpc) is 2.65. The molecule has 3 N–H and O–H groups in total. The summed E-state index contributed by atoms with van der Waals surface area (Å²) in [6.45, 7) is 0. The molecular weight excluding hydrogens is 242 g/mol. The van der Waals surface area contributed by atoms with E-state index in [-0.39, 0.29) is 0 Å². The molecule has 0 spiro atoms. The summed E-state index contributed by atoms with van der Waals surface area (Å²) >= 11 is 7.54. The first-order chi connectivity index (χ1) is 7.74. The summed E-state index contributed by atoms with van der Waals surface area (Å²) in [4.78, 5) is 4.37. The lowest BCUT2D eigenvalue weighted by atomic mass is 10.2. The number of amidine groups is 1. The number of aliphatic imine (C=N–C) groups is 1. The molecule has 16 heavy (non-hydrogen) atoms. The van der Waals surface area contributed by atoms with Crippen LogP contribution in [0.3, 0.4) is 0 Å². The Balaban J connectivity index is 2.23. The molecule has 0 saturated heterocycles. The first-order valence-electron chi connectivity index (χ1n) is 4.71. The van der Waals surface area contributed by atoms with Gasteiger partial charge >= 0.3 is 0 Å². The molecule has 1 aliphatic rings. The van der Waals surface area contributed by atoms with Crippen LogP contribution in [0.1, 0.15) is 5.56 Å². The van der Waals surface area contributed by atoms with E-state index < -0.39 is 0 Å². The number of benzene rings is 1. The second-order valence-corrected chi connectivity index (χ2v) is 4.66. The van der Waals surface area contributed by atoms with E-state index in [1.165, 1.54) is 0 Å². The highest BCUT2D eigenvalue weighted by molar-refractivity contribution is 7.08. The van der Waals surface area contributed by atoms with Gasteiger partial charge in [-0.05, 0) is 18.2 Å². The van der Waals surface area contributed by atoms with Gasteiger partial charge in [-0.3, -0.25) is 0 Å². The highest BCUT2D eigenvalue weighted by atomic mass is 35.5. The maximum atomic E-state index is 5.95. The van der Waals surface area contributed by atoms with Gasteiger partial charge in [0, 0.05) is 15.8 Å². The number of thiophene rings is 1. The van der Waals surface area contributed by atoms with Crippen molar-refractivity contribution in [3.8, 4) is 0 Å². The lowest BCUT2D eigenvalue weighted by Gasteiger charge is -2.05. The molecule has 5 heteroatoms. The lowest BCUT2D eigenvalue weighted by Crippen LogP contribution is -2.11. The molecule has 3 rings (SSSR count). The Labute approximate surface area is 102 Å². The Morgan fingerprint density at radius 2 is 2.12 bits per heavy atom. The Kier molecular flexibility index (Phi) is 2.12. The minimum atomic E-state index is 0.532. The van der Waals surface area contributed by atoms with Crippen LogP contribution in [0.5, 0.6) is 0 Å². The third-order valence-electron chi connectivity index (χ3n) is 2.41. The molecule has 80 valence electrons. The van der Waals surface area contributed by atoms with E-state index in [0.717, 1.165) is 22.6 Å². The number of hydrogen-bond donors (Lipinski definition) is 2. The number of anilines is 2. The highest BCUT2D eigenvalue weighted by Gasteiger charge is 2.14. The molecule has 1 aromatic heterocycles. The molecule has 3 nitrogen and oxygen atoms in total. The van der Waals surface area contributed by atoms with Crippen molar-refractivity contribution in [3.05, 3.63) is 39.5 Å². The summed E-state index contributed by atoms with van der Waals surface area (Å²) in [7, 11) is 0. The predicted molar refractivity (Wildman–Crippen MR) is 69.4 cm³/mol. The molecule has 1 aromatic carbocycles. The van der Waals surface area contributed by atoms with E-state index in [9.17, 15) is 0 Å². The molecule has 0 amide bonds. The van der Waals surface area contributed by atoms with Gasteiger partial charge in [0.2, 0.25) is 0 Å². The lowest BCUT2D eigenvalue weighted by molar-refractivity contribution is 1.48. The molecule has 0 unspecified atom stereocenters. The Morgan fingerprint density at radius 3 is 3.00 bits per heavy atom. The van der Waals surface area contributed by atoms with Crippen molar-refractivity contribution in [1.82, 2.24) is 0 Å². The topological polar surface area (TPSA) is 50.4 Å². The van der Waals surface area contributed by atoms with E-state index in [0.29, 0.717) is 10.9 Å². The predicted octanol–water partition coefficient (Wildman–Crippen LogP) is 3.50. The van der Waals surface area contributed by atoms with Gasteiger partial charge < -0.3 is 11.1 Å². The van der Waals surface area contributed by atoms with E-state index in [1.807, 2.05) is 22.9 Å². The number of halogens is 1. The normalized spacial score (nSPS) is 13.2. The minimum absolute atomic E-state index is 0.532. The Morgan fingerprint density at radius 1 is 1.25 bits per heavy atom. The van der Waals surface area contributed by atoms with Gasteiger partial charge in [-0.1, -0.05) is 11.6 Å². The molecule has 0 bridgehead atoms. The van der Waals surface area contributed by atoms with Crippen molar-refractivity contribution in [2.45, 2.75) is 0 Å². The monoisotopic (exact) mass is 249 g/mol. The van der Waals surface area contributed by atoms with Crippen LogP contribution in [0, 0.1) is 0 Å². The number of nitrogens with zero attached hydrogens (tertiary/aromatic N) is 1. The van der Waals surface area contributed by atoms with Crippen LogP contribution >= 0.6 is 22.9 Å². The number of nitrogens with two attached hydrogens (primary N) is 1. The molecule has 2 aromatic rings. The van der Waals surface area contributed by atoms with Crippen LogP contribution in [0.2, 0.25) is 5.02 Å². The van der Waals surface area contributed by atoms with Gasteiger partial charge in [0.1, 0.15) is 5.84 Å². The van der Waals surface area contributed by atoms with Gasteiger partial charge in [-0.25, -0.2) is 4.99 Å². The van der Waals surface area contributed by atoms with Gasteiger partial charge in [0.15, 0.2) is 0 Å². The van der Waals surface area contributed by atoms with Crippen LogP contribution in [-0.4, -0.2) is 5.84 Å². The van der Waals surface area contributed by atoms with E-state index in [4.69, 9.17) is 17.3 Å². The second kappa shape index (κ2) is 3.50. The fourth-order valence-corrected chi connectivity index (χ4v) is 2.58. The van der Waals surface area contributed by atoms with Crippen molar-refractivity contribution in [2.75, 3.05) is 5.32 Å². The Hall–Kier alpha value is -1.52. The fraction of sp³-hybridized carbons (Fsp3) is 0. The number of nitrogens with one attached hydrogen (secondary N) is 1. The van der Waals surface area contributed by atoms with Gasteiger partial charge in [-0.2, -0.15) is 0 Å². The summed E-state index contributed by atoms with van der Waals surface area (Å²) in [6.07, 6.45) is 0. The molecule has 2 heterocycles. The summed E-state index contributed by atoms with van der Waals surface area (Å²) < 4.78 is 0. The molecule has 0 saturated carbocycles. The van der Waals surface area contributed by atoms with Crippen LogP contribution < -0.4 is 11.1 Å². The zero-order valence-electron chi connectivity index (χ0n) is 8.20. The number of hydrogen-bond acceptors (Lipinski definition) is 4. The van der Waals surface area contributed by atoms with Gasteiger partial charge in [-0.15, -0.1) is 11.3 Å². The van der Waals surface area contributed by atoms with E-state index in [1.54, 1.807) is 17.4 Å². The second-order valence-electron chi connectivity index (χ2n) is 3.48. The molecule has 0 radical (unpaired) electrons. The molecular formula is C11H8ClN3S. The summed E-state index contributed by atoms with van der Waals surface area (Å²) in [5.74, 6) is 0.532. The largest absolute Gasteiger partial charge is 0.383 e. The third-order valence-corrected chi connectivity index (χ3v) is 3.39. The average molecular weight is 250 g/mol. The molecule has 0 atom stereocenters. The van der Waals surface area contributed by atoms with Crippen LogP contribution in [-0.2, 0) is 0 Å². The Bertz CT molecular complexity index is 589. The minimum Gasteiger partial charge on any atom is -0.383 e. The van der Waals surface area contributed by atoms with Crippen molar-refractivity contribution in [2.24, 2.45) is 10.7 Å². The van der Waals surface area contributed by atoms with Crippen molar-refractivity contribution >= 4 is 45.8 Å². The van der Waals surface area contributed by atoms with Gasteiger partial charge in [0.05, 0.1) is 22.6 Å². The maximum absolute atomic E-state index is 5.95. The first kappa shape index (κ1) is 9.69. The molecule has 0 fully saturated rings. The number of rotatable bonds is 0. The summed E-state index contributed by atoms with van der Waals surface area (Å²) in [5, 5.41) is 7.95. The van der Waals surface area contributed by atoms with Crippen molar-refractivity contribution < 1.29 is 0 Å². The van der Waals surface area contributed by atoms with Gasteiger partial charge in [0.25, 0.3) is 0 Å². The van der Waals surface area contributed by atoms with Crippen LogP contribution in [0.25, 0.3) is 0 Å². The highest BCUT2D eigenvalue weighted by Crippen LogP contribution is 2.36. The number of fused-ring (bicyclic) bond motifs is 2. The third kappa shape index (κ3) is 1.47.